The Morgan fingerprint density at radius 2 is 1.91 bits per heavy atom. The van der Waals surface area contributed by atoms with Crippen LogP contribution in [0.5, 0.6) is 0 Å². The number of alkyl halides is 3. The monoisotopic (exact) mass is 209 g/mol. The Labute approximate surface area is 74.3 Å². The average Bonchev–Trinajstić information content (AvgIpc) is 1.59. The lowest BCUT2D eigenvalue weighted by atomic mass is 10.4. The average molecular weight is 210 g/mol. The molecule has 0 bridgehead atoms. The van der Waals surface area contributed by atoms with Crippen LogP contribution >= 0.6 is 24.2 Å². The van der Waals surface area contributed by atoms with E-state index in [0.29, 0.717) is 5.75 Å². The van der Waals surface area contributed by atoms with Gasteiger partial charge in [-0.25, -0.2) is 0 Å². The molecule has 11 heavy (non-hydrogen) atoms. The smallest absolute Gasteiger partial charge is 0.327 e. The van der Waals surface area contributed by atoms with E-state index in [-0.39, 0.29) is 18.4 Å². The van der Waals surface area contributed by atoms with Crippen molar-refractivity contribution in [1.29, 1.82) is 0 Å². The Hall–Kier alpha value is 0.390. The molecule has 0 aliphatic carbocycles. The van der Waals surface area contributed by atoms with Gasteiger partial charge in [0.1, 0.15) is 0 Å². The van der Waals surface area contributed by atoms with Crippen molar-refractivity contribution in [3.63, 3.8) is 0 Å². The molecule has 0 amide bonds. The minimum atomic E-state index is -4.06. The fourth-order valence-corrected chi connectivity index (χ4v) is 1.08. The largest absolute Gasteiger partial charge is 0.397 e. The molecule has 1 nitrogen and oxygen atoms in total. The van der Waals surface area contributed by atoms with Crippen LogP contribution in [-0.4, -0.2) is 23.7 Å². The lowest BCUT2D eigenvalue weighted by Crippen LogP contribution is -2.20. The van der Waals surface area contributed by atoms with Crippen LogP contribution < -0.4 is 5.73 Å². The van der Waals surface area contributed by atoms with Gasteiger partial charge in [0, 0.05) is 11.8 Å². The first-order valence-corrected chi connectivity index (χ1v) is 3.97. The number of halogens is 4. The topological polar surface area (TPSA) is 26.0 Å². The molecule has 0 aromatic carbocycles. The van der Waals surface area contributed by atoms with Crippen molar-refractivity contribution in [2.75, 3.05) is 11.5 Å². The maximum Gasteiger partial charge on any atom is 0.397 e. The summed E-state index contributed by atoms with van der Waals surface area (Å²) in [6.07, 6.45) is -4.06. The van der Waals surface area contributed by atoms with Gasteiger partial charge in [0.15, 0.2) is 0 Å². The van der Waals surface area contributed by atoms with Crippen LogP contribution in [0.1, 0.15) is 6.92 Å². The normalized spacial score (nSPS) is 13.9. The minimum Gasteiger partial charge on any atom is -0.327 e. The summed E-state index contributed by atoms with van der Waals surface area (Å²) in [5.74, 6) is -0.436. The molecule has 2 N–H and O–H groups in total. The molecule has 0 saturated carbocycles. The SMILES string of the molecule is C[C@@H](N)CSCC(F)(F)F.Cl. The van der Waals surface area contributed by atoms with Gasteiger partial charge in [-0.2, -0.15) is 24.9 Å². The Kier molecular flexibility index (Phi) is 7.57. The number of hydrogen-bond acceptors (Lipinski definition) is 2. The molecule has 0 aromatic heterocycles. The van der Waals surface area contributed by atoms with E-state index in [1.54, 1.807) is 6.92 Å². The number of hydrogen-bond donors (Lipinski definition) is 1. The van der Waals surface area contributed by atoms with Gasteiger partial charge in [0.25, 0.3) is 0 Å². The molecule has 0 aliphatic heterocycles. The van der Waals surface area contributed by atoms with Crippen LogP contribution in [0, 0.1) is 0 Å². The molecule has 0 heterocycles. The zero-order valence-corrected chi connectivity index (χ0v) is 7.65. The van der Waals surface area contributed by atoms with Crippen molar-refractivity contribution >= 4 is 24.2 Å². The van der Waals surface area contributed by atoms with Gasteiger partial charge >= 0.3 is 6.18 Å². The lowest BCUT2D eigenvalue weighted by molar-refractivity contribution is -0.105. The van der Waals surface area contributed by atoms with Crippen LogP contribution in [0.4, 0.5) is 13.2 Å². The van der Waals surface area contributed by atoms with Crippen LogP contribution in [0.3, 0.4) is 0 Å². The van der Waals surface area contributed by atoms with E-state index in [9.17, 15) is 13.2 Å². The van der Waals surface area contributed by atoms with Crippen molar-refractivity contribution in [2.45, 2.75) is 19.1 Å². The van der Waals surface area contributed by atoms with Crippen molar-refractivity contribution in [2.24, 2.45) is 5.73 Å². The second-order valence-corrected chi connectivity index (χ2v) is 3.14. The maximum absolute atomic E-state index is 11.4. The van der Waals surface area contributed by atoms with E-state index < -0.39 is 11.9 Å². The van der Waals surface area contributed by atoms with Crippen LogP contribution in [0.2, 0.25) is 0 Å². The highest BCUT2D eigenvalue weighted by molar-refractivity contribution is 7.99. The number of nitrogens with two attached hydrogens (primary N) is 1. The van der Waals surface area contributed by atoms with Crippen molar-refractivity contribution in [3.05, 3.63) is 0 Å². The highest BCUT2D eigenvalue weighted by Gasteiger charge is 2.26. The quantitative estimate of drug-likeness (QED) is 0.770. The zero-order chi connectivity index (χ0) is 8.20. The standard InChI is InChI=1S/C5H10F3NS.ClH/c1-4(9)2-10-3-5(6,7)8;/h4H,2-3,9H2,1H3;1H/t4-;/m1./s1. The fourth-order valence-electron chi connectivity index (χ4n) is 0.361. The summed E-state index contributed by atoms with van der Waals surface area (Å²) in [5, 5.41) is 0. The van der Waals surface area contributed by atoms with E-state index in [1.165, 1.54) is 0 Å². The summed E-state index contributed by atoms with van der Waals surface area (Å²) in [6.45, 7) is 1.68. The molecule has 0 radical (unpaired) electrons. The van der Waals surface area contributed by atoms with Crippen LogP contribution in [0.25, 0.3) is 0 Å². The Morgan fingerprint density at radius 3 is 2.18 bits per heavy atom. The summed E-state index contributed by atoms with van der Waals surface area (Å²) in [4.78, 5) is 0. The van der Waals surface area contributed by atoms with Crippen molar-refractivity contribution < 1.29 is 13.2 Å². The van der Waals surface area contributed by atoms with E-state index in [1.807, 2.05) is 0 Å². The molecular formula is C5H11ClF3NS. The van der Waals surface area contributed by atoms with Gasteiger partial charge in [-0.3, -0.25) is 0 Å². The third-order valence-corrected chi connectivity index (χ3v) is 1.94. The van der Waals surface area contributed by atoms with Crippen molar-refractivity contribution in [1.82, 2.24) is 0 Å². The first-order valence-electron chi connectivity index (χ1n) is 2.82. The second-order valence-electron chi connectivity index (χ2n) is 2.11. The van der Waals surface area contributed by atoms with Crippen LogP contribution in [0.15, 0.2) is 0 Å². The van der Waals surface area contributed by atoms with Gasteiger partial charge in [0.05, 0.1) is 5.75 Å². The molecule has 6 heteroatoms. The van der Waals surface area contributed by atoms with Gasteiger partial charge < -0.3 is 5.73 Å². The summed E-state index contributed by atoms with van der Waals surface area (Å²) >= 11 is 0.818. The Morgan fingerprint density at radius 1 is 1.45 bits per heavy atom. The lowest BCUT2D eigenvalue weighted by Gasteiger charge is -2.06. The molecule has 0 aromatic rings. The summed E-state index contributed by atoms with van der Waals surface area (Å²) in [6, 6.07) is -0.160. The minimum absolute atomic E-state index is 0. The molecule has 0 aliphatic rings. The summed E-state index contributed by atoms with van der Waals surface area (Å²) in [5.41, 5.74) is 5.23. The van der Waals surface area contributed by atoms with E-state index in [0.717, 1.165) is 11.8 Å². The molecule has 1 atom stereocenters. The molecule has 0 fully saturated rings. The van der Waals surface area contributed by atoms with Gasteiger partial charge in [-0.1, -0.05) is 0 Å². The highest BCUT2D eigenvalue weighted by Crippen LogP contribution is 2.20. The molecule has 70 valence electrons. The van der Waals surface area contributed by atoms with Gasteiger partial charge in [0.2, 0.25) is 0 Å². The van der Waals surface area contributed by atoms with E-state index in [2.05, 4.69) is 0 Å². The Bertz CT molecular complexity index is 96.2. The predicted molar refractivity (Wildman–Crippen MR) is 44.3 cm³/mol. The van der Waals surface area contributed by atoms with E-state index >= 15 is 0 Å². The molecule has 0 spiro atoms. The predicted octanol–water partition coefficient (Wildman–Crippen LogP) is 2.05. The maximum atomic E-state index is 11.4. The number of thioether (sulfide) groups is 1. The van der Waals surface area contributed by atoms with Crippen LogP contribution in [-0.2, 0) is 0 Å². The molecular weight excluding hydrogens is 199 g/mol. The van der Waals surface area contributed by atoms with Gasteiger partial charge in [-0.05, 0) is 6.92 Å². The van der Waals surface area contributed by atoms with Crippen molar-refractivity contribution in [3.8, 4) is 0 Å². The fraction of sp³-hybridized carbons (Fsp3) is 1.00. The first kappa shape index (κ1) is 13.9. The summed E-state index contributed by atoms with van der Waals surface area (Å²) in [7, 11) is 0. The number of rotatable bonds is 3. The third-order valence-electron chi connectivity index (χ3n) is 0.646. The van der Waals surface area contributed by atoms with E-state index in [4.69, 9.17) is 5.73 Å². The third kappa shape index (κ3) is 13.4. The summed E-state index contributed by atoms with van der Waals surface area (Å²) < 4.78 is 34.3. The molecule has 0 unspecified atom stereocenters. The highest BCUT2D eigenvalue weighted by atomic mass is 35.5. The van der Waals surface area contributed by atoms with Gasteiger partial charge in [-0.15, -0.1) is 12.4 Å². The second kappa shape index (κ2) is 5.97. The zero-order valence-electron chi connectivity index (χ0n) is 6.02. The molecule has 0 saturated heterocycles. The first-order chi connectivity index (χ1) is 4.42. The Balaban J connectivity index is 0. The molecule has 0 rings (SSSR count).